The molecule has 1 aromatic rings. The zero-order valence-electron chi connectivity index (χ0n) is 20.8. The van der Waals surface area contributed by atoms with Crippen LogP contribution in [0.25, 0.3) is 0 Å². The van der Waals surface area contributed by atoms with Crippen molar-refractivity contribution in [2.75, 3.05) is 47.0 Å². The highest BCUT2D eigenvalue weighted by Crippen LogP contribution is 2.33. The van der Waals surface area contributed by atoms with Crippen LogP contribution in [0.4, 0.5) is 0 Å². The van der Waals surface area contributed by atoms with Crippen LogP contribution in [0.5, 0.6) is 0 Å². The Morgan fingerprint density at radius 2 is 1.88 bits per heavy atom. The van der Waals surface area contributed by atoms with Crippen LogP contribution in [0.1, 0.15) is 69.5 Å². The van der Waals surface area contributed by atoms with Gasteiger partial charge in [0.1, 0.15) is 0 Å². The van der Waals surface area contributed by atoms with E-state index in [4.69, 9.17) is 21.7 Å². The molecular formula is C27H45N3O2S. The van der Waals surface area contributed by atoms with Gasteiger partial charge in [-0.2, -0.15) is 0 Å². The van der Waals surface area contributed by atoms with E-state index >= 15 is 0 Å². The Balaban J connectivity index is 1.59. The summed E-state index contributed by atoms with van der Waals surface area (Å²) in [7, 11) is 3.79. The lowest BCUT2D eigenvalue weighted by molar-refractivity contribution is -0.0142. The van der Waals surface area contributed by atoms with E-state index in [1.165, 1.54) is 50.5 Å². The van der Waals surface area contributed by atoms with Crippen molar-refractivity contribution in [1.29, 1.82) is 0 Å². The highest BCUT2D eigenvalue weighted by atomic mass is 32.1. The molecular weight excluding hydrogens is 430 g/mol. The van der Waals surface area contributed by atoms with E-state index in [0.29, 0.717) is 12.0 Å². The molecule has 0 bridgehead atoms. The van der Waals surface area contributed by atoms with Crippen molar-refractivity contribution in [3.63, 3.8) is 0 Å². The maximum Gasteiger partial charge on any atom is 0.169 e. The fourth-order valence-corrected chi connectivity index (χ4v) is 5.87. The minimum atomic E-state index is 0.101. The molecule has 186 valence electrons. The third-order valence-electron chi connectivity index (χ3n) is 7.21. The summed E-state index contributed by atoms with van der Waals surface area (Å²) in [5.74, 6) is 1.27. The summed E-state index contributed by atoms with van der Waals surface area (Å²) in [5.41, 5.74) is 1.27. The quantitative estimate of drug-likeness (QED) is 0.330. The summed E-state index contributed by atoms with van der Waals surface area (Å²) in [4.78, 5) is 2.39. The Morgan fingerprint density at radius 1 is 1.09 bits per heavy atom. The first-order valence-electron chi connectivity index (χ1n) is 13.1. The molecule has 2 fully saturated rings. The maximum absolute atomic E-state index is 6.44. The highest BCUT2D eigenvalue weighted by Gasteiger charge is 2.31. The minimum absolute atomic E-state index is 0.101. The standard InChI is InChI=1S/C27H45N3O2S/c1-28-20-25(19-22-11-5-3-6-12-22)29-27(33)30-16-9-15-24(21-30)26(32-18-10-17-31-2)23-13-7-4-8-14-23/h4,7-8,13-14,22,24-26,28H,3,5-6,9-12,15-21H2,1-2H3,(H,29,33)/t24-,25?,26+/m1/s1. The van der Waals surface area contributed by atoms with Gasteiger partial charge in [0, 0.05) is 51.9 Å². The molecule has 0 amide bonds. The SMILES string of the molecule is CNCC(CC1CCCCC1)NC(=S)N1CCC[C@@H]([C@@H](OCCCOC)c2ccccc2)C1. The van der Waals surface area contributed by atoms with E-state index in [1.54, 1.807) is 7.11 Å². The Kier molecular flexibility index (Phi) is 11.9. The predicted octanol–water partition coefficient (Wildman–Crippen LogP) is 4.93. The van der Waals surface area contributed by atoms with Gasteiger partial charge in [0.2, 0.25) is 0 Å². The molecule has 5 nitrogen and oxygen atoms in total. The molecule has 0 spiro atoms. The Morgan fingerprint density at radius 3 is 2.61 bits per heavy atom. The normalized spacial score (nSPS) is 21.5. The van der Waals surface area contributed by atoms with Crippen LogP contribution in [0.3, 0.4) is 0 Å². The first-order valence-corrected chi connectivity index (χ1v) is 13.5. The maximum atomic E-state index is 6.44. The second kappa shape index (κ2) is 14.9. The fraction of sp³-hybridized carbons (Fsp3) is 0.741. The first kappa shape index (κ1) is 26.4. The molecule has 2 aliphatic rings. The number of methoxy groups -OCH3 is 1. The second-order valence-electron chi connectivity index (χ2n) is 9.84. The van der Waals surface area contributed by atoms with Crippen molar-refractivity contribution in [1.82, 2.24) is 15.5 Å². The van der Waals surface area contributed by atoms with Crippen molar-refractivity contribution >= 4 is 17.3 Å². The number of likely N-dealkylation sites (tertiary alicyclic amines) is 1. The summed E-state index contributed by atoms with van der Waals surface area (Å²) in [6, 6.07) is 11.1. The zero-order valence-corrected chi connectivity index (χ0v) is 21.6. The number of rotatable bonds is 12. The number of benzene rings is 1. The summed E-state index contributed by atoms with van der Waals surface area (Å²) in [6.45, 7) is 4.40. The van der Waals surface area contributed by atoms with Crippen LogP contribution in [-0.2, 0) is 9.47 Å². The molecule has 33 heavy (non-hydrogen) atoms. The summed E-state index contributed by atoms with van der Waals surface area (Å²) < 4.78 is 11.7. The van der Waals surface area contributed by atoms with Gasteiger partial charge in [-0.15, -0.1) is 0 Å². The Labute approximate surface area is 207 Å². The lowest BCUT2D eigenvalue weighted by Crippen LogP contribution is -2.51. The topological polar surface area (TPSA) is 45.8 Å². The van der Waals surface area contributed by atoms with Crippen molar-refractivity contribution < 1.29 is 9.47 Å². The average molecular weight is 476 g/mol. The van der Waals surface area contributed by atoms with Crippen LogP contribution >= 0.6 is 12.2 Å². The van der Waals surface area contributed by atoms with Gasteiger partial charge in [-0.05, 0) is 56.4 Å². The van der Waals surface area contributed by atoms with Gasteiger partial charge in [0.05, 0.1) is 6.10 Å². The number of thiocarbonyl (C=S) groups is 1. The van der Waals surface area contributed by atoms with Crippen molar-refractivity contribution in [2.24, 2.45) is 11.8 Å². The predicted molar refractivity (Wildman–Crippen MR) is 141 cm³/mol. The van der Waals surface area contributed by atoms with Gasteiger partial charge in [-0.25, -0.2) is 0 Å². The molecule has 1 saturated carbocycles. The first-order chi connectivity index (χ1) is 16.2. The third-order valence-corrected chi connectivity index (χ3v) is 7.59. The lowest BCUT2D eigenvalue weighted by atomic mass is 9.85. The van der Waals surface area contributed by atoms with E-state index < -0.39 is 0 Å². The van der Waals surface area contributed by atoms with E-state index in [2.05, 4.69) is 45.9 Å². The molecule has 2 N–H and O–H groups in total. The molecule has 1 saturated heterocycles. The number of ether oxygens (including phenoxy) is 2. The van der Waals surface area contributed by atoms with Crippen molar-refractivity contribution in [2.45, 2.75) is 69.9 Å². The molecule has 1 aliphatic carbocycles. The van der Waals surface area contributed by atoms with Crippen LogP contribution < -0.4 is 10.6 Å². The highest BCUT2D eigenvalue weighted by molar-refractivity contribution is 7.80. The number of nitrogens with one attached hydrogen (secondary N) is 2. The molecule has 1 unspecified atom stereocenters. The zero-order chi connectivity index (χ0) is 23.3. The molecule has 6 heteroatoms. The molecule has 1 aromatic carbocycles. The fourth-order valence-electron chi connectivity index (χ4n) is 5.53. The number of likely N-dealkylation sites (N-methyl/N-ethyl adjacent to an activating group) is 1. The monoisotopic (exact) mass is 475 g/mol. The molecule has 1 aliphatic heterocycles. The smallest absolute Gasteiger partial charge is 0.169 e. The van der Waals surface area contributed by atoms with Gasteiger partial charge in [-0.1, -0.05) is 62.4 Å². The average Bonchev–Trinajstić information content (AvgIpc) is 2.85. The second-order valence-corrected chi connectivity index (χ2v) is 10.2. The Bertz CT molecular complexity index is 669. The van der Waals surface area contributed by atoms with Crippen LogP contribution in [0, 0.1) is 11.8 Å². The van der Waals surface area contributed by atoms with Crippen molar-refractivity contribution in [3.05, 3.63) is 35.9 Å². The largest absolute Gasteiger partial charge is 0.385 e. The summed E-state index contributed by atoms with van der Waals surface area (Å²) >= 11 is 5.94. The lowest BCUT2D eigenvalue weighted by Gasteiger charge is -2.39. The van der Waals surface area contributed by atoms with Gasteiger partial charge in [0.15, 0.2) is 5.11 Å². The minimum Gasteiger partial charge on any atom is -0.385 e. The number of nitrogens with zero attached hydrogens (tertiary/aromatic N) is 1. The van der Waals surface area contributed by atoms with Crippen LogP contribution in [-0.4, -0.2) is 63.1 Å². The van der Waals surface area contributed by atoms with E-state index in [0.717, 1.165) is 56.7 Å². The van der Waals surface area contributed by atoms with E-state index in [1.807, 2.05) is 7.05 Å². The summed E-state index contributed by atoms with van der Waals surface area (Å²) in [6.07, 6.45) is 11.5. The molecule has 0 aromatic heterocycles. The third kappa shape index (κ3) is 8.82. The molecule has 3 rings (SSSR count). The number of piperidine rings is 1. The van der Waals surface area contributed by atoms with E-state index in [-0.39, 0.29) is 6.10 Å². The molecule has 1 heterocycles. The summed E-state index contributed by atoms with van der Waals surface area (Å²) in [5, 5.41) is 8.03. The number of hydrogen-bond acceptors (Lipinski definition) is 4. The molecule has 3 atom stereocenters. The van der Waals surface area contributed by atoms with Gasteiger partial charge >= 0.3 is 0 Å². The van der Waals surface area contributed by atoms with E-state index in [9.17, 15) is 0 Å². The van der Waals surface area contributed by atoms with Gasteiger partial charge < -0.3 is 25.0 Å². The van der Waals surface area contributed by atoms with Crippen LogP contribution in [0.15, 0.2) is 30.3 Å². The Hall–Kier alpha value is -1.21. The number of hydrogen-bond donors (Lipinski definition) is 2. The van der Waals surface area contributed by atoms with Crippen molar-refractivity contribution in [3.8, 4) is 0 Å². The van der Waals surface area contributed by atoms with Gasteiger partial charge in [-0.3, -0.25) is 0 Å². The van der Waals surface area contributed by atoms with Gasteiger partial charge in [0.25, 0.3) is 0 Å². The molecule has 0 radical (unpaired) electrons. The van der Waals surface area contributed by atoms with Crippen LogP contribution in [0.2, 0.25) is 0 Å².